The molecular weight excluding hydrogens is 590 g/mol. The number of unbranched alkanes of at least 4 members (excludes halogenated alkanes) is 21. The van der Waals surface area contributed by atoms with E-state index >= 15 is 0 Å². The molecule has 0 saturated carbocycles. The number of nitrogens with one attached hydrogen (secondary N) is 1. The van der Waals surface area contributed by atoms with Crippen molar-refractivity contribution in [3.8, 4) is 0 Å². The molecule has 0 heterocycles. The van der Waals surface area contributed by atoms with Crippen molar-refractivity contribution in [2.75, 3.05) is 6.61 Å². The molecule has 0 aromatic carbocycles. The van der Waals surface area contributed by atoms with Gasteiger partial charge in [-0.3, -0.25) is 4.79 Å². The van der Waals surface area contributed by atoms with E-state index in [1.807, 2.05) is 6.08 Å². The third-order valence-electron chi connectivity index (χ3n) is 9.00. The summed E-state index contributed by atoms with van der Waals surface area (Å²) in [6.07, 6.45) is 54.6. The molecule has 3 N–H and O–H groups in total. The average molecular weight is 670 g/mol. The van der Waals surface area contributed by atoms with Gasteiger partial charge in [0.15, 0.2) is 0 Å². The summed E-state index contributed by atoms with van der Waals surface area (Å²) in [6.45, 7) is 4.27. The van der Waals surface area contributed by atoms with Crippen molar-refractivity contribution in [3.05, 3.63) is 60.8 Å². The number of carbonyl (C=O) groups is 1. The molecule has 2 atom stereocenters. The van der Waals surface area contributed by atoms with Gasteiger partial charge in [-0.1, -0.05) is 190 Å². The van der Waals surface area contributed by atoms with Gasteiger partial charge in [0, 0.05) is 6.42 Å². The van der Waals surface area contributed by atoms with Crippen molar-refractivity contribution < 1.29 is 15.0 Å². The van der Waals surface area contributed by atoms with Crippen LogP contribution < -0.4 is 5.32 Å². The van der Waals surface area contributed by atoms with Crippen molar-refractivity contribution >= 4 is 5.91 Å². The standard InChI is InChI=1S/C44H79NO3/c1-3-5-7-9-11-13-15-17-19-20-21-22-23-24-26-28-30-32-34-36-38-40-44(48)45-42(41-46)43(47)39-37-35-33-31-29-27-25-18-16-14-12-10-8-6-4-2/h19-20,22-23,26,28,32,34,37,39,42-43,46-47H,3-18,21,24-25,27,29-31,33,35-36,38,40-41H2,1-2H3,(H,45,48)/b20-19+,23-22+,28-26+,34-32+,39-37+/t42-,43+/m0/s1. The molecule has 0 spiro atoms. The first-order valence-electron chi connectivity index (χ1n) is 20.5. The molecule has 1 amide bonds. The number of amides is 1. The summed E-state index contributed by atoms with van der Waals surface area (Å²) in [5.74, 6) is -0.120. The van der Waals surface area contributed by atoms with Crippen LogP contribution in [0.1, 0.15) is 194 Å². The highest BCUT2D eigenvalue weighted by atomic mass is 16.3. The predicted molar refractivity (Wildman–Crippen MR) is 211 cm³/mol. The van der Waals surface area contributed by atoms with Crippen LogP contribution in [0.4, 0.5) is 0 Å². The fourth-order valence-electron chi connectivity index (χ4n) is 5.82. The Balaban J connectivity index is 3.73. The van der Waals surface area contributed by atoms with Crippen LogP contribution in [0.15, 0.2) is 60.8 Å². The quantitative estimate of drug-likeness (QED) is 0.0459. The molecule has 48 heavy (non-hydrogen) atoms. The Kier molecular flexibility index (Phi) is 38.0. The molecule has 4 heteroatoms. The normalized spacial score (nSPS) is 13.7. The lowest BCUT2D eigenvalue weighted by Gasteiger charge is -2.19. The van der Waals surface area contributed by atoms with Gasteiger partial charge < -0.3 is 15.5 Å². The molecule has 0 unspecified atom stereocenters. The van der Waals surface area contributed by atoms with E-state index in [-0.39, 0.29) is 12.5 Å². The van der Waals surface area contributed by atoms with Gasteiger partial charge in [0.1, 0.15) is 0 Å². The number of aliphatic hydroxyl groups is 2. The summed E-state index contributed by atoms with van der Waals surface area (Å²) in [6, 6.07) is -0.652. The number of aliphatic hydroxyl groups excluding tert-OH is 2. The van der Waals surface area contributed by atoms with Gasteiger partial charge in [-0.25, -0.2) is 0 Å². The Morgan fingerprint density at radius 3 is 1.27 bits per heavy atom. The van der Waals surface area contributed by atoms with Gasteiger partial charge in [0.2, 0.25) is 5.91 Å². The van der Waals surface area contributed by atoms with Crippen LogP contribution in [0, 0.1) is 0 Å². The van der Waals surface area contributed by atoms with E-state index in [2.05, 4.69) is 67.8 Å². The van der Waals surface area contributed by atoms with E-state index in [0.717, 1.165) is 44.9 Å². The highest BCUT2D eigenvalue weighted by Gasteiger charge is 2.17. The van der Waals surface area contributed by atoms with Crippen molar-refractivity contribution in [1.82, 2.24) is 5.32 Å². The Morgan fingerprint density at radius 2 is 0.854 bits per heavy atom. The minimum Gasteiger partial charge on any atom is -0.394 e. The van der Waals surface area contributed by atoms with Crippen LogP contribution in [0.3, 0.4) is 0 Å². The highest BCUT2D eigenvalue weighted by molar-refractivity contribution is 5.76. The van der Waals surface area contributed by atoms with Crippen molar-refractivity contribution in [2.45, 2.75) is 206 Å². The Morgan fingerprint density at radius 1 is 0.500 bits per heavy atom. The fourth-order valence-corrected chi connectivity index (χ4v) is 5.82. The minimum atomic E-state index is -0.862. The Labute approximate surface area is 298 Å². The van der Waals surface area contributed by atoms with Gasteiger partial charge in [0.05, 0.1) is 18.8 Å². The number of hydrogen-bond donors (Lipinski definition) is 3. The molecule has 0 rings (SSSR count). The summed E-state index contributed by atoms with van der Waals surface area (Å²) in [4.78, 5) is 12.3. The zero-order valence-corrected chi connectivity index (χ0v) is 31.7. The van der Waals surface area contributed by atoms with E-state index in [9.17, 15) is 15.0 Å². The number of carbonyl (C=O) groups excluding carboxylic acids is 1. The van der Waals surface area contributed by atoms with Crippen LogP contribution in [0.25, 0.3) is 0 Å². The minimum absolute atomic E-state index is 0.120. The molecule has 278 valence electrons. The summed E-state index contributed by atoms with van der Waals surface area (Å²) in [5.41, 5.74) is 0. The number of allylic oxidation sites excluding steroid dienone is 9. The van der Waals surface area contributed by atoms with Gasteiger partial charge in [-0.2, -0.15) is 0 Å². The first kappa shape index (κ1) is 46.1. The Hall–Kier alpha value is -1.91. The van der Waals surface area contributed by atoms with E-state index in [0.29, 0.717) is 6.42 Å². The monoisotopic (exact) mass is 670 g/mol. The van der Waals surface area contributed by atoms with Crippen molar-refractivity contribution in [3.63, 3.8) is 0 Å². The van der Waals surface area contributed by atoms with E-state index in [1.165, 1.54) is 128 Å². The third kappa shape index (κ3) is 35.4. The van der Waals surface area contributed by atoms with Crippen LogP contribution in [-0.2, 0) is 4.79 Å². The number of rotatable bonds is 36. The zero-order chi connectivity index (χ0) is 35.0. The first-order valence-corrected chi connectivity index (χ1v) is 20.5. The molecule has 0 aromatic rings. The SMILES string of the molecule is CCCCCCCCC/C=C/C/C=C/C/C=C/C/C=C/CCCC(=O)N[C@@H](CO)[C@H](O)/C=C/CCCCCCCCCCCCCCC. The molecule has 0 saturated heterocycles. The fraction of sp³-hybridized carbons (Fsp3) is 0.750. The van der Waals surface area contributed by atoms with E-state index in [4.69, 9.17) is 0 Å². The molecule has 0 aliphatic heterocycles. The van der Waals surface area contributed by atoms with Gasteiger partial charge >= 0.3 is 0 Å². The zero-order valence-electron chi connectivity index (χ0n) is 31.7. The van der Waals surface area contributed by atoms with E-state index in [1.54, 1.807) is 6.08 Å². The third-order valence-corrected chi connectivity index (χ3v) is 9.00. The van der Waals surface area contributed by atoms with Crippen molar-refractivity contribution in [1.29, 1.82) is 0 Å². The second-order valence-corrected chi connectivity index (χ2v) is 13.7. The van der Waals surface area contributed by atoms with Crippen LogP contribution in [-0.4, -0.2) is 34.9 Å². The summed E-state index contributed by atoms with van der Waals surface area (Å²) in [7, 11) is 0. The predicted octanol–water partition coefficient (Wildman–Crippen LogP) is 12.6. The summed E-state index contributed by atoms with van der Waals surface area (Å²) >= 11 is 0. The molecule has 4 nitrogen and oxygen atoms in total. The maximum atomic E-state index is 12.3. The second-order valence-electron chi connectivity index (χ2n) is 13.7. The maximum Gasteiger partial charge on any atom is 0.220 e. The highest BCUT2D eigenvalue weighted by Crippen LogP contribution is 2.13. The lowest BCUT2D eigenvalue weighted by molar-refractivity contribution is -0.122. The van der Waals surface area contributed by atoms with Crippen LogP contribution >= 0.6 is 0 Å². The largest absolute Gasteiger partial charge is 0.394 e. The van der Waals surface area contributed by atoms with Crippen LogP contribution in [0.2, 0.25) is 0 Å². The lowest BCUT2D eigenvalue weighted by atomic mass is 10.0. The van der Waals surface area contributed by atoms with Crippen LogP contribution in [0.5, 0.6) is 0 Å². The smallest absolute Gasteiger partial charge is 0.220 e. The topological polar surface area (TPSA) is 69.6 Å². The molecule has 0 aromatic heterocycles. The van der Waals surface area contributed by atoms with Crippen molar-refractivity contribution in [2.24, 2.45) is 0 Å². The molecular formula is C44H79NO3. The lowest BCUT2D eigenvalue weighted by Crippen LogP contribution is -2.45. The average Bonchev–Trinajstić information content (AvgIpc) is 3.09. The molecule has 0 aliphatic carbocycles. The number of hydrogen-bond acceptors (Lipinski definition) is 3. The van der Waals surface area contributed by atoms with Gasteiger partial charge in [-0.05, 0) is 57.8 Å². The van der Waals surface area contributed by atoms with Gasteiger partial charge in [0.25, 0.3) is 0 Å². The summed E-state index contributed by atoms with van der Waals surface area (Å²) in [5, 5.41) is 22.9. The second kappa shape index (κ2) is 39.5. The van der Waals surface area contributed by atoms with E-state index < -0.39 is 12.1 Å². The van der Waals surface area contributed by atoms with Gasteiger partial charge in [-0.15, -0.1) is 0 Å². The summed E-state index contributed by atoms with van der Waals surface area (Å²) < 4.78 is 0. The maximum absolute atomic E-state index is 12.3. The molecule has 0 fully saturated rings. The molecule has 0 radical (unpaired) electrons. The Bertz CT molecular complexity index is 812. The first-order chi connectivity index (χ1) is 23.7. The molecule has 0 bridgehead atoms. The molecule has 0 aliphatic rings.